The molecule has 0 unspecified atom stereocenters. The van der Waals surface area contributed by atoms with Gasteiger partial charge in [-0.05, 0) is 22.3 Å². The Hall–Kier alpha value is -3.65. The van der Waals surface area contributed by atoms with Crippen molar-refractivity contribution in [2.24, 2.45) is 0 Å². The van der Waals surface area contributed by atoms with Crippen LogP contribution in [0.2, 0.25) is 0 Å². The van der Waals surface area contributed by atoms with Crippen molar-refractivity contribution in [1.29, 1.82) is 0 Å². The van der Waals surface area contributed by atoms with E-state index in [4.69, 9.17) is 0 Å². The SMILES string of the molecule is C(N(Cc1ccccc1)Cc1ccccc1)=[N+](Cc1ccccc1)Cc1ccccc1. The molecule has 0 radical (unpaired) electrons. The van der Waals surface area contributed by atoms with E-state index >= 15 is 0 Å². The van der Waals surface area contributed by atoms with Gasteiger partial charge in [0.15, 0.2) is 0 Å². The minimum atomic E-state index is 0.871. The highest BCUT2D eigenvalue weighted by Crippen LogP contribution is 2.11. The zero-order valence-electron chi connectivity index (χ0n) is 17.8. The van der Waals surface area contributed by atoms with Gasteiger partial charge in [-0.1, -0.05) is 121 Å². The van der Waals surface area contributed by atoms with Crippen LogP contribution >= 0.6 is 0 Å². The van der Waals surface area contributed by atoms with E-state index in [-0.39, 0.29) is 0 Å². The van der Waals surface area contributed by atoms with Gasteiger partial charge in [-0.3, -0.25) is 9.48 Å². The lowest BCUT2D eigenvalue weighted by Gasteiger charge is -2.17. The summed E-state index contributed by atoms with van der Waals surface area (Å²) in [5.74, 6) is 0. The minimum Gasteiger partial charge on any atom is -0.260 e. The quantitative estimate of drug-likeness (QED) is 0.184. The molecule has 0 heterocycles. The summed E-state index contributed by atoms with van der Waals surface area (Å²) in [6.07, 6.45) is 2.31. The van der Waals surface area contributed by atoms with Gasteiger partial charge in [0.2, 0.25) is 6.34 Å². The average molecular weight is 406 g/mol. The predicted molar refractivity (Wildman–Crippen MR) is 129 cm³/mol. The van der Waals surface area contributed by atoms with Crippen LogP contribution in [0.3, 0.4) is 0 Å². The molecule has 4 aromatic rings. The monoisotopic (exact) mass is 405 g/mol. The Morgan fingerprint density at radius 1 is 0.452 bits per heavy atom. The molecule has 0 saturated heterocycles. The summed E-state index contributed by atoms with van der Waals surface area (Å²) in [5, 5.41) is 0. The molecule has 0 atom stereocenters. The fourth-order valence-electron chi connectivity index (χ4n) is 3.78. The van der Waals surface area contributed by atoms with Crippen LogP contribution in [-0.2, 0) is 26.2 Å². The Morgan fingerprint density at radius 3 is 1.13 bits per heavy atom. The molecule has 0 amide bonds. The van der Waals surface area contributed by atoms with Crippen molar-refractivity contribution in [3.8, 4) is 0 Å². The zero-order chi connectivity index (χ0) is 21.1. The lowest BCUT2D eigenvalue weighted by molar-refractivity contribution is -0.559. The van der Waals surface area contributed by atoms with E-state index < -0.39 is 0 Å². The van der Waals surface area contributed by atoms with E-state index in [2.05, 4.69) is 137 Å². The van der Waals surface area contributed by atoms with Crippen molar-refractivity contribution < 1.29 is 4.58 Å². The van der Waals surface area contributed by atoms with Crippen LogP contribution in [-0.4, -0.2) is 15.8 Å². The first-order valence-corrected chi connectivity index (χ1v) is 10.8. The molecule has 2 nitrogen and oxygen atoms in total. The zero-order valence-corrected chi connectivity index (χ0v) is 17.8. The van der Waals surface area contributed by atoms with Crippen molar-refractivity contribution in [3.05, 3.63) is 144 Å². The van der Waals surface area contributed by atoms with E-state index in [1.165, 1.54) is 22.3 Å². The Bertz CT molecular complexity index is 974. The molecule has 4 rings (SSSR count). The van der Waals surface area contributed by atoms with Crippen LogP contribution in [0, 0.1) is 0 Å². The molecular formula is C29H29N2+. The van der Waals surface area contributed by atoms with Crippen LogP contribution < -0.4 is 0 Å². The highest BCUT2D eigenvalue weighted by molar-refractivity contribution is 5.50. The Balaban J connectivity index is 1.63. The van der Waals surface area contributed by atoms with Crippen molar-refractivity contribution in [2.75, 3.05) is 0 Å². The lowest BCUT2D eigenvalue weighted by atomic mass is 10.1. The number of rotatable bonds is 9. The molecule has 154 valence electrons. The summed E-state index contributed by atoms with van der Waals surface area (Å²) in [7, 11) is 0. The van der Waals surface area contributed by atoms with Crippen LogP contribution in [0.25, 0.3) is 0 Å². The first-order valence-electron chi connectivity index (χ1n) is 10.8. The highest BCUT2D eigenvalue weighted by Gasteiger charge is 2.13. The second kappa shape index (κ2) is 10.9. The summed E-state index contributed by atoms with van der Waals surface area (Å²) < 4.78 is 2.41. The Kier molecular flexibility index (Phi) is 7.27. The molecule has 2 heteroatoms. The molecule has 0 aliphatic heterocycles. The maximum Gasteiger partial charge on any atom is 0.235 e. The maximum absolute atomic E-state index is 2.41. The summed E-state index contributed by atoms with van der Waals surface area (Å²) in [5.41, 5.74) is 5.26. The highest BCUT2D eigenvalue weighted by atomic mass is 15.2. The number of nitrogens with zero attached hydrogens (tertiary/aromatic N) is 2. The van der Waals surface area contributed by atoms with Gasteiger partial charge in [0.1, 0.15) is 26.2 Å². The normalized spacial score (nSPS) is 10.5. The van der Waals surface area contributed by atoms with Crippen LogP contribution in [0.4, 0.5) is 0 Å². The summed E-state index contributed by atoms with van der Waals surface area (Å²) in [6, 6.07) is 42.8. The van der Waals surface area contributed by atoms with Gasteiger partial charge in [-0.15, -0.1) is 0 Å². The third kappa shape index (κ3) is 6.68. The standard InChI is InChI=1S/C29H29N2/c1-5-13-26(14-6-1)21-30(22-27-15-7-2-8-16-27)25-31(23-28-17-9-3-10-18-28)24-29-19-11-4-12-20-29/h1-20,25H,21-24H2/q+1. The van der Waals surface area contributed by atoms with E-state index in [9.17, 15) is 0 Å². The van der Waals surface area contributed by atoms with Crippen LogP contribution in [0.1, 0.15) is 22.3 Å². The topological polar surface area (TPSA) is 6.25 Å². The van der Waals surface area contributed by atoms with Gasteiger partial charge < -0.3 is 0 Å². The van der Waals surface area contributed by atoms with Gasteiger partial charge >= 0.3 is 0 Å². The maximum atomic E-state index is 2.41. The third-order valence-corrected chi connectivity index (χ3v) is 5.24. The Morgan fingerprint density at radius 2 is 0.774 bits per heavy atom. The molecule has 0 bridgehead atoms. The van der Waals surface area contributed by atoms with Gasteiger partial charge in [-0.25, -0.2) is 0 Å². The molecule has 0 N–H and O–H groups in total. The molecular weight excluding hydrogens is 376 g/mol. The summed E-state index contributed by atoms with van der Waals surface area (Å²) in [6.45, 7) is 3.48. The van der Waals surface area contributed by atoms with Crippen LogP contribution in [0.15, 0.2) is 121 Å². The molecule has 0 fully saturated rings. The number of benzene rings is 4. The van der Waals surface area contributed by atoms with Gasteiger partial charge in [0.25, 0.3) is 0 Å². The molecule has 0 aliphatic carbocycles. The minimum absolute atomic E-state index is 0.871. The summed E-state index contributed by atoms with van der Waals surface area (Å²) in [4.78, 5) is 2.41. The van der Waals surface area contributed by atoms with Crippen molar-refractivity contribution >= 4 is 6.34 Å². The second-order valence-electron chi connectivity index (χ2n) is 7.87. The fourth-order valence-corrected chi connectivity index (χ4v) is 3.78. The van der Waals surface area contributed by atoms with Crippen molar-refractivity contribution in [2.45, 2.75) is 26.2 Å². The van der Waals surface area contributed by atoms with Gasteiger partial charge in [0, 0.05) is 0 Å². The predicted octanol–water partition coefficient (Wildman–Crippen LogP) is 6.13. The third-order valence-electron chi connectivity index (χ3n) is 5.24. The number of hydrogen-bond acceptors (Lipinski definition) is 0. The van der Waals surface area contributed by atoms with Crippen LogP contribution in [0.5, 0.6) is 0 Å². The second-order valence-corrected chi connectivity index (χ2v) is 7.87. The van der Waals surface area contributed by atoms with E-state index in [1.807, 2.05) is 0 Å². The largest absolute Gasteiger partial charge is 0.260 e. The Labute approximate surface area is 185 Å². The van der Waals surface area contributed by atoms with E-state index in [0.29, 0.717) is 0 Å². The van der Waals surface area contributed by atoms with Gasteiger partial charge in [-0.2, -0.15) is 0 Å². The molecule has 0 aromatic heterocycles. The molecule has 4 aromatic carbocycles. The first-order chi connectivity index (χ1) is 15.3. The number of hydrogen-bond donors (Lipinski definition) is 0. The van der Waals surface area contributed by atoms with Gasteiger partial charge in [0.05, 0.1) is 0 Å². The molecule has 0 aliphatic rings. The molecule has 31 heavy (non-hydrogen) atoms. The smallest absolute Gasteiger partial charge is 0.235 e. The molecule has 0 spiro atoms. The van der Waals surface area contributed by atoms with E-state index in [1.54, 1.807) is 0 Å². The van der Waals surface area contributed by atoms with Crippen molar-refractivity contribution in [3.63, 3.8) is 0 Å². The van der Waals surface area contributed by atoms with E-state index in [0.717, 1.165) is 26.2 Å². The first kappa shape index (κ1) is 20.6. The summed E-state index contributed by atoms with van der Waals surface area (Å²) >= 11 is 0. The van der Waals surface area contributed by atoms with Crippen molar-refractivity contribution in [1.82, 2.24) is 4.90 Å². The average Bonchev–Trinajstić information content (AvgIpc) is 2.82. The lowest BCUT2D eigenvalue weighted by Crippen LogP contribution is -2.28. The molecule has 0 saturated carbocycles. The fraction of sp³-hybridized carbons (Fsp3) is 0.138.